The summed E-state index contributed by atoms with van der Waals surface area (Å²) in [6, 6.07) is 59.0. The average Bonchev–Trinajstić information content (AvgIpc) is 3.67. The second-order valence-electron chi connectivity index (χ2n) is 13.9. The summed E-state index contributed by atoms with van der Waals surface area (Å²) < 4.78 is 6.66. The Morgan fingerprint density at radius 1 is 0.382 bits per heavy atom. The molecule has 0 radical (unpaired) electrons. The van der Waals surface area contributed by atoms with Gasteiger partial charge in [0.1, 0.15) is 11.2 Å². The van der Waals surface area contributed by atoms with E-state index in [0.29, 0.717) is 17.5 Å². The first-order chi connectivity index (χ1) is 27.2. The van der Waals surface area contributed by atoms with E-state index in [1.165, 1.54) is 27.8 Å². The number of rotatable bonds is 7. The zero-order chi connectivity index (χ0) is 36.6. The molecule has 4 nitrogen and oxygen atoms in total. The Bertz CT molecular complexity index is 2870. The number of aromatic nitrogens is 3. The van der Waals surface area contributed by atoms with Crippen molar-refractivity contribution in [3.63, 3.8) is 0 Å². The summed E-state index contributed by atoms with van der Waals surface area (Å²) in [5, 5.41) is 2.00. The Kier molecular flexibility index (Phi) is 8.27. The molecule has 10 rings (SSSR count). The van der Waals surface area contributed by atoms with E-state index < -0.39 is 0 Å². The molecule has 0 amide bonds. The third-order valence-corrected chi connectivity index (χ3v) is 10.4. The minimum absolute atomic E-state index is 0.598. The summed E-state index contributed by atoms with van der Waals surface area (Å²) in [5.74, 6) is 1.83. The molecule has 0 atom stereocenters. The highest BCUT2D eigenvalue weighted by atomic mass is 16.3. The molecule has 55 heavy (non-hydrogen) atoms. The molecule has 9 aromatic rings. The maximum atomic E-state index is 6.66. The molecule has 2 aromatic heterocycles. The maximum Gasteiger partial charge on any atom is 0.164 e. The molecule has 0 aliphatic heterocycles. The Balaban J connectivity index is 1.05. The van der Waals surface area contributed by atoms with E-state index >= 15 is 0 Å². The van der Waals surface area contributed by atoms with Crippen LogP contribution < -0.4 is 0 Å². The fourth-order valence-corrected chi connectivity index (χ4v) is 7.57. The van der Waals surface area contributed by atoms with Gasteiger partial charge in [-0.15, -0.1) is 0 Å². The quantitative estimate of drug-likeness (QED) is 0.166. The molecule has 0 fully saturated rings. The first kappa shape index (κ1) is 32.5. The largest absolute Gasteiger partial charge is 0.455 e. The van der Waals surface area contributed by atoms with Crippen molar-refractivity contribution in [3.05, 3.63) is 194 Å². The zero-order valence-corrected chi connectivity index (χ0v) is 30.1. The van der Waals surface area contributed by atoms with Gasteiger partial charge in [0.15, 0.2) is 17.5 Å². The SMILES string of the molecule is C1=CC(c2ccc(-c3ccc(-c4nc(-c5ccccc5)nc(-c5cccc6oc7c(-c8ccc(-c9ccccc9)cc8)cccc7c56)n4)cc3)cc2)=CCC1. The van der Waals surface area contributed by atoms with Gasteiger partial charge in [0.2, 0.25) is 0 Å². The Morgan fingerprint density at radius 2 is 0.891 bits per heavy atom. The van der Waals surface area contributed by atoms with Gasteiger partial charge in [-0.05, 0) is 57.9 Å². The van der Waals surface area contributed by atoms with Gasteiger partial charge in [-0.1, -0.05) is 182 Å². The molecule has 4 heteroatoms. The fourth-order valence-electron chi connectivity index (χ4n) is 7.57. The first-order valence-electron chi connectivity index (χ1n) is 18.8. The molecule has 260 valence electrons. The third kappa shape index (κ3) is 6.24. The molecule has 0 unspecified atom stereocenters. The van der Waals surface area contributed by atoms with Gasteiger partial charge in [-0.25, -0.2) is 15.0 Å². The number of fused-ring (bicyclic) bond motifs is 3. The molecule has 0 saturated heterocycles. The van der Waals surface area contributed by atoms with Crippen molar-refractivity contribution in [1.29, 1.82) is 0 Å². The number of hydrogen-bond donors (Lipinski definition) is 0. The van der Waals surface area contributed by atoms with Crippen LogP contribution in [0.4, 0.5) is 0 Å². The van der Waals surface area contributed by atoms with E-state index in [9.17, 15) is 0 Å². The van der Waals surface area contributed by atoms with Crippen molar-refractivity contribution in [3.8, 4) is 67.5 Å². The van der Waals surface area contributed by atoms with E-state index in [0.717, 1.165) is 68.2 Å². The highest BCUT2D eigenvalue weighted by Crippen LogP contribution is 2.41. The van der Waals surface area contributed by atoms with Gasteiger partial charge in [0.25, 0.3) is 0 Å². The third-order valence-electron chi connectivity index (χ3n) is 10.4. The van der Waals surface area contributed by atoms with Gasteiger partial charge in [-0.3, -0.25) is 0 Å². The van der Waals surface area contributed by atoms with Crippen LogP contribution in [-0.4, -0.2) is 15.0 Å². The van der Waals surface area contributed by atoms with Gasteiger partial charge >= 0.3 is 0 Å². The van der Waals surface area contributed by atoms with Crippen LogP contribution in [-0.2, 0) is 0 Å². The van der Waals surface area contributed by atoms with Gasteiger partial charge < -0.3 is 4.42 Å². The van der Waals surface area contributed by atoms with Crippen molar-refractivity contribution in [1.82, 2.24) is 15.0 Å². The molecule has 2 heterocycles. The summed E-state index contributed by atoms with van der Waals surface area (Å²) in [6.45, 7) is 0. The fraction of sp³-hybridized carbons (Fsp3) is 0.0392. The number of benzene rings is 7. The monoisotopic (exact) mass is 705 g/mol. The second kappa shape index (κ2) is 14.0. The number of furan rings is 1. The molecule has 0 spiro atoms. The van der Waals surface area contributed by atoms with Gasteiger partial charge in [0.05, 0.1) is 0 Å². The van der Waals surface area contributed by atoms with Crippen molar-refractivity contribution in [2.75, 3.05) is 0 Å². The molecule has 1 aliphatic rings. The molecule has 0 bridgehead atoms. The molecule has 0 N–H and O–H groups in total. The molecular weight excluding hydrogens is 671 g/mol. The second-order valence-corrected chi connectivity index (χ2v) is 13.9. The van der Waals surface area contributed by atoms with Gasteiger partial charge in [-0.2, -0.15) is 0 Å². The van der Waals surface area contributed by atoms with E-state index in [-0.39, 0.29) is 0 Å². The van der Waals surface area contributed by atoms with Crippen molar-refractivity contribution in [2.45, 2.75) is 12.8 Å². The number of hydrogen-bond acceptors (Lipinski definition) is 4. The van der Waals surface area contributed by atoms with Crippen LogP contribution in [0.5, 0.6) is 0 Å². The minimum atomic E-state index is 0.598. The van der Waals surface area contributed by atoms with Crippen LogP contribution in [0.15, 0.2) is 193 Å². The predicted octanol–water partition coefficient (Wildman–Crippen LogP) is 13.5. The Morgan fingerprint density at radius 3 is 1.53 bits per heavy atom. The van der Waals surface area contributed by atoms with Crippen LogP contribution in [0.1, 0.15) is 18.4 Å². The number of allylic oxidation sites excluding steroid dienone is 4. The van der Waals surface area contributed by atoms with Crippen molar-refractivity contribution in [2.24, 2.45) is 0 Å². The van der Waals surface area contributed by atoms with Gasteiger partial charge in [0, 0.05) is 33.0 Å². The highest BCUT2D eigenvalue weighted by molar-refractivity contribution is 6.15. The molecular formula is C51H35N3O. The normalized spacial score (nSPS) is 12.6. The lowest BCUT2D eigenvalue weighted by atomic mass is 9.96. The average molecular weight is 706 g/mol. The van der Waals surface area contributed by atoms with Crippen LogP contribution in [0, 0.1) is 0 Å². The van der Waals surface area contributed by atoms with E-state index in [2.05, 4.69) is 140 Å². The number of para-hydroxylation sites is 1. The van der Waals surface area contributed by atoms with Crippen molar-refractivity contribution >= 4 is 27.5 Å². The predicted molar refractivity (Wildman–Crippen MR) is 226 cm³/mol. The van der Waals surface area contributed by atoms with E-state index in [1.54, 1.807) is 0 Å². The lowest BCUT2D eigenvalue weighted by Gasteiger charge is -2.10. The van der Waals surface area contributed by atoms with Crippen LogP contribution >= 0.6 is 0 Å². The summed E-state index contributed by atoms with van der Waals surface area (Å²) in [4.78, 5) is 15.3. The molecule has 1 aliphatic carbocycles. The van der Waals surface area contributed by atoms with Crippen LogP contribution in [0.25, 0.3) is 95.1 Å². The summed E-state index contributed by atoms with van der Waals surface area (Å²) in [7, 11) is 0. The smallest absolute Gasteiger partial charge is 0.164 e. The molecule has 7 aromatic carbocycles. The Hall–Kier alpha value is -7.17. The first-order valence-corrected chi connectivity index (χ1v) is 18.8. The Labute approximate surface area is 319 Å². The lowest BCUT2D eigenvalue weighted by Crippen LogP contribution is -2.00. The summed E-state index contributed by atoms with van der Waals surface area (Å²) >= 11 is 0. The highest BCUT2D eigenvalue weighted by Gasteiger charge is 2.19. The van der Waals surface area contributed by atoms with E-state index in [4.69, 9.17) is 19.4 Å². The summed E-state index contributed by atoms with van der Waals surface area (Å²) in [5.41, 5.74) is 13.7. The van der Waals surface area contributed by atoms with Crippen LogP contribution in [0.3, 0.4) is 0 Å². The maximum absolute atomic E-state index is 6.66. The zero-order valence-electron chi connectivity index (χ0n) is 30.1. The minimum Gasteiger partial charge on any atom is -0.455 e. The standard InChI is InChI=1S/C51H35N3O/c1-4-12-34(13-5-1)36-22-24-38(25-23-36)39-28-32-42(33-29-39)50-52-49(41-16-8-3-9-17-41)53-51(54-50)45-20-11-21-46-47(45)44-19-10-18-43(48(44)55-46)40-30-26-37(27-31-40)35-14-6-2-7-15-35/h2-4,6-33H,1,5H2. The molecule has 0 saturated carbocycles. The number of nitrogens with zero attached hydrogens (tertiary/aromatic N) is 3. The summed E-state index contributed by atoms with van der Waals surface area (Å²) in [6.07, 6.45) is 9.00. The van der Waals surface area contributed by atoms with Crippen LogP contribution in [0.2, 0.25) is 0 Å². The topological polar surface area (TPSA) is 51.8 Å². The van der Waals surface area contributed by atoms with E-state index in [1.807, 2.05) is 48.5 Å². The van der Waals surface area contributed by atoms with Crippen molar-refractivity contribution < 1.29 is 4.42 Å². The lowest BCUT2D eigenvalue weighted by molar-refractivity contribution is 0.670.